The number of nitrogens with one attached hydrogen (secondary N) is 3. The summed E-state index contributed by atoms with van der Waals surface area (Å²) in [6.45, 7) is 7.32. The summed E-state index contributed by atoms with van der Waals surface area (Å²) in [5.41, 5.74) is 3.11. The Bertz CT molecular complexity index is 864. The first-order valence-corrected chi connectivity index (χ1v) is 10.4. The first-order valence-electron chi connectivity index (χ1n) is 10.4. The van der Waals surface area contributed by atoms with Crippen molar-refractivity contribution in [2.75, 3.05) is 59.4 Å². The lowest BCUT2D eigenvalue weighted by Crippen LogP contribution is -3.28. The molecule has 2 aromatic carbocycles. The number of hydrogen-bond donors (Lipinski definition) is 3. The van der Waals surface area contributed by atoms with Crippen molar-refractivity contribution in [3.8, 4) is 17.2 Å². The summed E-state index contributed by atoms with van der Waals surface area (Å²) in [5, 5.41) is 3.01. The molecule has 7 heteroatoms. The number of hydrogen-bond acceptors (Lipinski definition) is 4. The predicted octanol–water partition coefficient (Wildman–Crippen LogP) is -0.0571. The second kappa shape index (κ2) is 10.3. The van der Waals surface area contributed by atoms with Crippen LogP contribution in [0.1, 0.15) is 11.1 Å². The number of carbonyl (C=O) groups excluding carboxylic acids is 1. The molecule has 0 aliphatic carbocycles. The third-order valence-corrected chi connectivity index (χ3v) is 5.60. The Labute approximate surface area is 178 Å². The summed E-state index contributed by atoms with van der Waals surface area (Å²) < 4.78 is 16.5. The monoisotopic (exact) mass is 415 g/mol. The fourth-order valence-corrected chi connectivity index (χ4v) is 4.04. The summed E-state index contributed by atoms with van der Waals surface area (Å²) in [6, 6.07) is 11.9. The van der Waals surface area contributed by atoms with Crippen molar-refractivity contribution in [1.29, 1.82) is 0 Å². The van der Waals surface area contributed by atoms with Crippen LogP contribution in [0.5, 0.6) is 17.2 Å². The van der Waals surface area contributed by atoms with Crippen LogP contribution >= 0.6 is 0 Å². The van der Waals surface area contributed by atoms with E-state index < -0.39 is 0 Å². The van der Waals surface area contributed by atoms with E-state index in [-0.39, 0.29) is 5.91 Å². The third kappa shape index (κ3) is 5.43. The molecule has 0 spiro atoms. The quantitative estimate of drug-likeness (QED) is 0.565. The minimum Gasteiger partial charge on any atom is -0.493 e. The molecule has 162 valence electrons. The van der Waals surface area contributed by atoms with Crippen molar-refractivity contribution < 1.29 is 28.8 Å². The van der Waals surface area contributed by atoms with Crippen LogP contribution in [0.25, 0.3) is 0 Å². The standard InChI is InChI=1S/C23H31N3O4/c1-17-6-5-7-19(14-17)24-21(27)16-26-12-10-25(11-13-26)15-18-8-9-20(28-2)23(30-4)22(18)29-3/h5-9,14H,10-13,15-16H2,1-4H3,(H,24,27)/p+2. The Morgan fingerprint density at radius 2 is 1.63 bits per heavy atom. The fourth-order valence-electron chi connectivity index (χ4n) is 4.04. The molecule has 1 saturated heterocycles. The highest BCUT2D eigenvalue weighted by atomic mass is 16.5. The van der Waals surface area contributed by atoms with Gasteiger partial charge in [-0.1, -0.05) is 12.1 Å². The fraction of sp³-hybridized carbons (Fsp3) is 0.435. The van der Waals surface area contributed by atoms with Gasteiger partial charge >= 0.3 is 0 Å². The molecule has 0 unspecified atom stereocenters. The van der Waals surface area contributed by atoms with Crippen LogP contribution in [-0.4, -0.2) is 60.0 Å². The molecule has 1 heterocycles. The Balaban J connectivity index is 1.53. The molecule has 30 heavy (non-hydrogen) atoms. The van der Waals surface area contributed by atoms with Crippen molar-refractivity contribution in [2.24, 2.45) is 0 Å². The van der Waals surface area contributed by atoms with E-state index in [4.69, 9.17) is 14.2 Å². The van der Waals surface area contributed by atoms with Crippen molar-refractivity contribution in [2.45, 2.75) is 13.5 Å². The number of benzene rings is 2. The Morgan fingerprint density at radius 1 is 0.933 bits per heavy atom. The van der Waals surface area contributed by atoms with Gasteiger partial charge in [-0.25, -0.2) is 0 Å². The van der Waals surface area contributed by atoms with Gasteiger partial charge in [0.2, 0.25) is 5.75 Å². The van der Waals surface area contributed by atoms with Crippen LogP contribution in [0, 0.1) is 6.92 Å². The van der Waals surface area contributed by atoms with E-state index in [1.165, 1.54) is 9.80 Å². The SMILES string of the molecule is COc1ccc(C[NH+]2CC[NH+](CC(=O)Nc3cccc(C)c3)CC2)c(OC)c1OC. The van der Waals surface area contributed by atoms with Gasteiger partial charge in [0.15, 0.2) is 18.0 Å². The van der Waals surface area contributed by atoms with Crippen molar-refractivity contribution in [3.05, 3.63) is 47.5 Å². The highest BCUT2D eigenvalue weighted by Crippen LogP contribution is 2.39. The van der Waals surface area contributed by atoms with Crippen LogP contribution in [0.15, 0.2) is 36.4 Å². The summed E-state index contributed by atoms with van der Waals surface area (Å²) >= 11 is 0. The molecule has 2 aromatic rings. The van der Waals surface area contributed by atoms with Gasteiger partial charge < -0.3 is 29.3 Å². The maximum Gasteiger partial charge on any atom is 0.279 e. The first-order chi connectivity index (χ1) is 14.5. The maximum atomic E-state index is 12.4. The number of quaternary nitrogens is 2. The van der Waals surface area contributed by atoms with Crippen molar-refractivity contribution in [3.63, 3.8) is 0 Å². The molecule has 0 aromatic heterocycles. The number of rotatable bonds is 8. The summed E-state index contributed by atoms with van der Waals surface area (Å²) in [6.07, 6.45) is 0. The van der Waals surface area contributed by atoms with E-state index in [9.17, 15) is 4.79 Å². The lowest BCUT2D eigenvalue weighted by molar-refractivity contribution is -1.02. The largest absolute Gasteiger partial charge is 0.493 e. The van der Waals surface area contributed by atoms with E-state index in [2.05, 4.69) is 5.32 Å². The van der Waals surface area contributed by atoms with Gasteiger partial charge in [0.25, 0.3) is 5.91 Å². The third-order valence-electron chi connectivity index (χ3n) is 5.60. The number of amides is 1. The van der Waals surface area contributed by atoms with E-state index >= 15 is 0 Å². The minimum absolute atomic E-state index is 0.0700. The van der Waals surface area contributed by atoms with Gasteiger partial charge in [-0.05, 0) is 36.8 Å². The summed E-state index contributed by atoms with van der Waals surface area (Å²) in [5.74, 6) is 2.10. The van der Waals surface area contributed by atoms with Crippen LogP contribution < -0.4 is 29.3 Å². The summed E-state index contributed by atoms with van der Waals surface area (Å²) in [7, 11) is 4.91. The number of carbonyl (C=O) groups is 1. The molecule has 0 bridgehead atoms. The number of aryl methyl sites for hydroxylation is 1. The molecule has 1 aliphatic heterocycles. The van der Waals surface area contributed by atoms with Gasteiger partial charge in [0.1, 0.15) is 32.7 Å². The van der Waals surface area contributed by atoms with E-state index in [1.54, 1.807) is 21.3 Å². The lowest BCUT2D eigenvalue weighted by atomic mass is 10.1. The zero-order valence-electron chi connectivity index (χ0n) is 18.3. The molecule has 3 rings (SSSR count). The second-order valence-electron chi connectivity index (χ2n) is 7.76. The molecule has 1 aliphatic rings. The average Bonchev–Trinajstić information content (AvgIpc) is 2.74. The van der Waals surface area contributed by atoms with E-state index in [0.29, 0.717) is 18.0 Å². The van der Waals surface area contributed by atoms with Crippen LogP contribution in [0.4, 0.5) is 5.69 Å². The molecule has 0 radical (unpaired) electrons. The highest BCUT2D eigenvalue weighted by molar-refractivity contribution is 5.91. The predicted molar refractivity (Wildman–Crippen MR) is 116 cm³/mol. The highest BCUT2D eigenvalue weighted by Gasteiger charge is 2.27. The van der Waals surface area contributed by atoms with Crippen LogP contribution in [-0.2, 0) is 11.3 Å². The topological polar surface area (TPSA) is 65.7 Å². The molecule has 1 amide bonds. The lowest BCUT2D eigenvalue weighted by Gasteiger charge is -2.30. The van der Waals surface area contributed by atoms with Crippen LogP contribution in [0.2, 0.25) is 0 Å². The number of anilines is 1. The van der Waals surface area contributed by atoms with E-state index in [1.807, 2.05) is 43.3 Å². The van der Waals surface area contributed by atoms with Crippen molar-refractivity contribution >= 4 is 11.6 Å². The maximum absolute atomic E-state index is 12.4. The molecule has 3 N–H and O–H groups in total. The van der Waals surface area contributed by atoms with Gasteiger partial charge in [-0.3, -0.25) is 4.79 Å². The van der Waals surface area contributed by atoms with Crippen molar-refractivity contribution in [1.82, 2.24) is 0 Å². The van der Waals surface area contributed by atoms with Gasteiger partial charge in [-0.2, -0.15) is 0 Å². The van der Waals surface area contributed by atoms with E-state index in [0.717, 1.165) is 55.3 Å². The number of methoxy groups -OCH3 is 3. The average molecular weight is 416 g/mol. The van der Waals surface area contributed by atoms with Gasteiger partial charge in [0, 0.05) is 5.69 Å². The van der Waals surface area contributed by atoms with Gasteiger partial charge in [-0.15, -0.1) is 0 Å². The Morgan fingerprint density at radius 3 is 2.27 bits per heavy atom. The minimum atomic E-state index is 0.0700. The second-order valence-corrected chi connectivity index (χ2v) is 7.76. The first kappa shape index (κ1) is 21.9. The summed E-state index contributed by atoms with van der Waals surface area (Å²) in [4.78, 5) is 15.2. The molecular formula is C23H33N3O4+2. The molecule has 1 fully saturated rings. The molecule has 0 saturated carbocycles. The zero-order chi connectivity index (χ0) is 21.5. The molecular weight excluding hydrogens is 382 g/mol. The Kier molecular flexibility index (Phi) is 7.54. The molecule has 7 nitrogen and oxygen atoms in total. The number of ether oxygens (including phenoxy) is 3. The Hall–Kier alpha value is -2.77. The van der Waals surface area contributed by atoms with Gasteiger partial charge in [0.05, 0.1) is 26.9 Å². The zero-order valence-corrected chi connectivity index (χ0v) is 18.3. The molecule has 0 atom stereocenters. The normalized spacial score (nSPS) is 18.5. The smallest absolute Gasteiger partial charge is 0.279 e. The van der Waals surface area contributed by atoms with Crippen LogP contribution in [0.3, 0.4) is 0 Å². The number of piperazine rings is 1.